The number of benzene rings is 2. The fourth-order valence-corrected chi connectivity index (χ4v) is 3.72. The van der Waals surface area contributed by atoms with Crippen molar-refractivity contribution in [3.8, 4) is 0 Å². The van der Waals surface area contributed by atoms with Gasteiger partial charge in [0.05, 0.1) is 4.92 Å². The molecule has 0 aromatic heterocycles. The van der Waals surface area contributed by atoms with Crippen LogP contribution in [0.1, 0.15) is 44.0 Å². The number of nitrogens with zero attached hydrogens (tertiary/aromatic N) is 2. The maximum absolute atomic E-state index is 12.7. The van der Waals surface area contributed by atoms with Crippen LogP contribution in [0.3, 0.4) is 0 Å². The first-order valence-electron chi connectivity index (χ1n) is 11.0. The first kappa shape index (κ1) is 24.0. The molecule has 0 spiro atoms. The Morgan fingerprint density at radius 1 is 1.12 bits per heavy atom. The van der Waals surface area contributed by atoms with Crippen molar-refractivity contribution in [1.82, 2.24) is 5.32 Å². The van der Waals surface area contributed by atoms with Gasteiger partial charge in [0.1, 0.15) is 11.3 Å². The largest absolute Gasteiger partial charge is 0.444 e. The molecule has 1 saturated heterocycles. The second kappa shape index (κ2) is 10.3. The number of amides is 2. The first-order chi connectivity index (χ1) is 15.6. The number of hydrogen-bond donors (Lipinski definition) is 2. The van der Waals surface area contributed by atoms with Gasteiger partial charge in [-0.1, -0.05) is 18.2 Å². The van der Waals surface area contributed by atoms with E-state index in [0.29, 0.717) is 36.6 Å². The summed E-state index contributed by atoms with van der Waals surface area (Å²) < 4.78 is 5.27. The van der Waals surface area contributed by atoms with Crippen molar-refractivity contribution in [3.63, 3.8) is 0 Å². The van der Waals surface area contributed by atoms with Crippen molar-refractivity contribution < 1.29 is 19.2 Å². The van der Waals surface area contributed by atoms with E-state index in [1.165, 1.54) is 12.1 Å². The highest BCUT2D eigenvalue weighted by molar-refractivity contribution is 6.05. The zero-order valence-electron chi connectivity index (χ0n) is 19.2. The lowest BCUT2D eigenvalue weighted by molar-refractivity contribution is -0.384. The number of nitro groups is 1. The molecule has 9 heteroatoms. The van der Waals surface area contributed by atoms with Crippen LogP contribution in [0.2, 0.25) is 0 Å². The summed E-state index contributed by atoms with van der Waals surface area (Å²) in [5.74, 6) is -0.0776. The summed E-state index contributed by atoms with van der Waals surface area (Å²) in [6.45, 7) is 7.10. The average Bonchev–Trinajstić information content (AvgIpc) is 2.77. The molecule has 0 aliphatic carbocycles. The Balaban J connectivity index is 1.64. The van der Waals surface area contributed by atoms with Gasteiger partial charge in [0, 0.05) is 37.0 Å². The first-order valence-corrected chi connectivity index (χ1v) is 11.0. The molecule has 33 heavy (non-hydrogen) atoms. The lowest BCUT2D eigenvalue weighted by Crippen LogP contribution is -2.40. The summed E-state index contributed by atoms with van der Waals surface area (Å²) in [7, 11) is 0. The van der Waals surface area contributed by atoms with Crippen LogP contribution in [0.5, 0.6) is 0 Å². The van der Waals surface area contributed by atoms with E-state index in [1.54, 1.807) is 18.2 Å². The fraction of sp³-hybridized carbons (Fsp3) is 0.417. The van der Waals surface area contributed by atoms with Gasteiger partial charge < -0.3 is 20.3 Å². The molecule has 9 nitrogen and oxygen atoms in total. The van der Waals surface area contributed by atoms with Crippen LogP contribution in [0, 0.1) is 16.0 Å². The van der Waals surface area contributed by atoms with Crippen LogP contribution < -0.4 is 15.5 Å². The monoisotopic (exact) mass is 454 g/mol. The zero-order valence-corrected chi connectivity index (χ0v) is 19.2. The Morgan fingerprint density at radius 2 is 1.79 bits per heavy atom. The molecule has 1 heterocycles. The number of hydrogen-bond acceptors (Lipinski definition) is 6. The van der Waals surface area contributed by atoms with Gasteiger partial charge in [0.25, 0.3) is 11.6 Å². The van der Waals surface area contributed by atoms with Crippen molar-refractivity contribution in [3.05, 3.63) is 64.2 Å². The minimum absolute atomic E-state index is 0.0309. The molecule has 2 N–H and O–H groups in total. The van der Waals surface area contributed by atoms with E-state index in [9.17, 15) is 19.7 Å². The zero-order chi connectivity index (χ0) is 24.0. The minimum atomic E-state index is -0.551. The highest BCUT2D eigenvalue weighted by Crippen LogP contribution is 2.32. The Bertz CT molecular complexity index is 996. The topological polar surface area (TPSA) is 114 Å². The number of anilines is 2. The SMILES string of the molecule is CC(C)(C)OC(=O)NCC1CCN(c2cc(C(=O)Nc3ccccc3)ccc2[N+](=O)[O-])CC1. The van der Waals surface area contributed by atoms with Crippen molar-refractivity contribution in [1.29, 1.82) is 0 Å². The number of nitro benzene ring substituents is 1. The molecule has 0 atom stereocenters. The molecule has 3 rings (SSSR count). The molecule has 1 fully saturated rings. The predicted octanol–water partition coefficient (Wildman–Crippen LogP) is 4.59. The average molecular weight is 455 g/mol. The van der Waals surface area contributed by atoms with Gasteiger partial charge in [-0.05, 0) is 63.8 Å². The third kappa shape index (κ3) is 6.93. The highest BCUT2D eigenvalue weighted by atomic mass is 16.6. The second-order valence-corrected chi connectivity index (χ2v) is 9.09. The molecule has 2 amide bonds. The quantitative estimate of drug-likeness (QED) is 0.488. The van der Waals surface area contributed by atoms with Gasteiger partial charge in [-0.25, -0.2) is 4.79 Å². The van der Waals surface area contributed by atoms with E-state index in [0.717, 1.165) is 12.8 Å². The van der Waals surface area contributed by atoms with Crippen molar-refractivity contribution in [2.45, 2.75) is 39.2 Å². The van der Waals surface area contributed by atoms with Gasteiger partial charge in [-0.3, -0.25) is 14.9 Å². The molecule has 1 aliphatic heterocycles. The molecule has 0 saturated carbocycles. The van der Waals surface area contributed by atoms with E-state index in [1.807, 2.05) is 43.9 Å². The molecule has 0 unspecified atom stereocenters. The Hall–Kier alpha value is -3.62. The van der Waals surface area contributed by atoms with E-state index in [2.05, 4.69) is 10.6 Å². The van der Waals surface area contributed by atoms with Crippen molar-refractivity contribution in [2.75, 3.05) is 29.9 Å². The highest BCUT2D eigenvalue weighted by Gasteiger charge is 2.27. The van der Waals surface area contributed by atoms with Gasteiger partial charge in [-0.2, -0.15) is 0 Å². The fourth-order valence-electron chi connectivity index (χ4n) is 3.72. The second-order valence-electron chi connectivity index (χ2n) is 9.09. The van der Waals surface area contributed by atoms with Gasteiger partial charge >= 0.3 is 6.09 Å². The number of ether oxygens (including phenoxy) is 1. The van der Waals surface area contributed by atoms with E-state index >= 15 is 0 Å². The minimum Gasteiger partial charge on any atom is -0.444 e. The Labute approximate surface area is 193 Å². The summed E-state index contributed by atoms with van der Waals surface area (Å²) in [5, 5.41) is 17.2. The van der Waals surface area contributed by atoms with Gasteiger partial charge in [-0.15, -0.1) is 0 Å². The molecule has 0 radical (unpaired) electrons. The molecule has 2 aromatic rings. The molecule has 1 aliphatic rings. The van der Waals surface area contributed by atoms with Crippen LogP contribution >= 0.6 is 0 Å². The standard InChI is InChI=1S/C24H30N4O5/c1-24(2,3)33-23(30)25-16-17-11-13-27(14-12-17)21-15-18(9-10-20(21)28(31)32)22(29)26-19-7-5-4-6-8-19/h4-10,15,17H,11-14,16H2,1-3H3,(H,25,30)(H,26,29). The van der Waals surface area contributed by atoms with E-state index in [4.69, 9.17) is 4.74 Å². The number of carbonyl (C=O) groups excluding carboxylic acids is 2. The number of nitrogens with one attached hydrogen (secondary N) is 2. The predicted molar refractivity (Wildman–Crippen MR) is 127 cm³/mol. The molecule has 176 valence electrons. The molecular formula is C24H30N4O5. The lowest BCUT2D eigenvalue weighted by Gasteiger charge is -2.33. The third-order valence-corrected chi connectivity index (χ3v) is 5.36. The summed E-state index contributed by atoms with van der Waals surface area (Å²) >= 11 is 0. The van der Waals surface area contributed by atoms with Crippen LogP contribution in [-0.2, 0) is 4.74 Å². The Kier molecular flexibility index (Phi) is 7.52. The normalized spacial score (nSPS) is 14.5. The number of alkyl carbamates (subject to hydrolysis) is 1. The van der Waals surface area contributed by atoms with Crippen LogP contribution in [-0.4, -0.2) is 42.2 Å². The molecular weight excluding hydrogens is 424 g/mol. The molecule has 0 bridgehead atoms. The Morgan fingerprint density at radius 3 is 2.39 bits per heavy atom. The number of carbonyl (C=O) groups is 2. The smallest absolute Gasteiger partial charge is 0.407 e. The summed E-state index contributed by atoms with van der Waals surface area (Å²) in [5.41, 5.74) is 0.856. The van der Waals surface area contributed by atoms with Crippen molar-refractivity contribution in [2.24, 2.45) is 5.92 Å². The summed E-state index contributed by atoms with van der Waals surface area (Å²) in [4.78, 5) is 37.7. The van der Waals surface area contributed by atoms with Crippen molar-refractivity contribution >= 4 is 29.1 Å². The van der Waals surface area contributed by atoms with Gasteiger partial charge in [0.15, 0.2) is 0 Å². The summed E-state index contributed by atoms with van der Waals surface area (Å²) in [6, 6.07) is 13.5. The third-order valence-electron chi connectivity index (χ3n) is 5.36. The number of para-hydroxylation sites is 1. The molecule has 2 aromatic carbocycles. The van der Waals surface area contributed by atoms with Crippen LogP contribution in [0.25, 0.3) is 0 Å². The van der Waals surface area contributed by atoms with Crippen LogP contribution in [0.15, 0.2) is 48.5 Å². The number of rotatable bonds is 6. The summed E-state index contributed by atoms with van der Waals surface area (Å²) in [6.07, 6.45) is 1.07. The van der Waals surface area contributed by atoms with E-state index in [-0.39, 0.29) is 17.5 Å². The van der Waals surface area contributed by atoms with Crippen LogP contribution in [0.4, 0.5) is 21.9 Å². The maximum atomic E-state index is 12.7. The lowest BCUT2D eigenvalue weighted by atomic mass is 9.96. The van der Waals surface area contributed by atoms with E-state index < -0.39 is 16.6 Å². The maximum Gasteiger partial charge on any atom is 0.407 e. The number of piperidine rings is 1. The van der Waals surface area contributed by atoms with Gasteiger partial charge in [0.2, 0.25) is 0 Å².